The minimum absolute atomic E-state index is 0.168. The van der Waals surface area contributed by atoms with Crippen molar-refractivity contribution >= 4 is 11.6 Å². The number of rotatable bonds is 2. The molecule has 1 fully saturated rings. The average Bonchev–Trinajstić information content (AvgIpc) is 2.67. The van der Waals surface area contributed by atoms with Crippen molar-refractivity contribution in [3.8, 4) is 5.75 Å². The normalized spacial score (nSPS) is 27.5. The summed E-state index contributed by atoms with van der Waals surface area (Å²) in [7, 11) is 1.66. The fraction of sp³-hybridized carbons (Fsp3) is 0.500. The van der Waals surface area contributed by atoms with Crippen molar-refractivity contribution in [2.75, 3.05) is 7.11 Å². The number of benzene rings is 1. The number of ether oxygens (including phenoxy) is 1. The third-order valence-corrected chi connectivity index (χ3v) is 3.68. The van der Waals surface area contributed by atoms with Gasteiger partial charge in [-0.05, 0) is 23.1 Å². The van der Waals surface area contributed by atoms with E-state index in [1.807, 2.05) is 18.2 Å². The van der Waals surface area contributed by atoms with E-state index in [9.17, 15) is 0 Å². The number of halogens is 1. The molecule has 2 atom stereocenters. The Morgan fingerprint density at radius 2 is 2.00 bits per heavy atom. The molecule has 0 radical (unpaired) electrons. The van der Waals surface area contributed by atoms with Crippen molar-refractivity contribution in [2.24, 2.45) is 11.1 Å². The van der Waals surface area contributed by atoms with E-state index in [1.165, 1.54) is 5.56 Å². The SMILES string of the molecule is COc1cc(Cl)ccc1C1C(N)C1(C)C. The molecular formula is C12H16ClNO. The molecule has 82 valence electrons. The zero-order chi connectivity index (χ0) is 11.2. The van der Waals surface area contributed by atoms with Crippen LogP contribution in [-0.4, -0.2) is 13.2 Å². The fourth-order valence-corrected chi connectivity index (χ4v) is 2.38. The molecule has 2 unspecified atom stereocenters. The predicted octanol–water partition coefficient (Wildman–Crippen LogP) is 2.80. The smallest absolute Gasteiger partial charge is 0.123 e. The van der Waals surface area contributed by atoms with Gasteiger partial charge >= 0.3 is 0 Å². The van der Waals surface area contributed by atoms with E-state index in [2.05, 4.69) is 13.8 Å². The molecule has 3 heteroatoms. The van der Waals surface area contributed by atoms with Gasteiger partial charge in [-0.15, -0.1) is 0 Å². The standard InChI is InChI=1S/C12H16ClNO/c1-12(2)10(11(12)14)8-5-4-7(13)6-9(8)15-3/h4-6,10-11H,14H2,1-3H3. The summed E-state index contributed by atoms with van der Waals surface area (Å²) in [6.45, 7) is 4.35. The highest BCUT2D eigenvalue weighted by molar-refractivity contribution is 6.30. The van der Waals surface area contributed by atoms with Gasteiger partial charge in [0.25, 0.3) is 0 Å². The lowest BCUT2D eigenvalue weighted by atomic mass is 10.0. The lowest BCUT2D eigenvalue weighted by Gasteiger charge is -2.09. The topological polar surface area (TPSA) is 35.2 Å². The Morgan fingerprint density at radius 1 is 1.40 bits per heavy atom. The van der Waals surface area contributed by atoms with E-state index in [-0.39, 0.29) is 11.5 Å². The summed E-state index contributed by atoms with van der Waals surface area (Å²) in [4.78, 5) is 0. The molecule has 0 spiro atoms. The predicted molar refractivity (Wildman–Crippen MR) is 62.5 cm³/mol. The number of nitrogens with two attached hydrogens (primary N) is 1. The third kappa shape index (κ3) is 1.62. The lowest BCUT2D eigenvalue weighted by molar-refractivity contribution is 0.407. The van der Waals surface area contributed by atoms with E-state index in [0.29, 0.717) is 10.9 Å². The number of methoxy groups -OCH3 is 1. The van der Waals surface area contributed by atoms with Crippen LogP contribution < -0.4 is 10.5 Å². The van der Waals surface area contributed by atoms with Crippen molar-refractivity contribution in [3.63, 3.8) is 0 Å². The van der Waals surface area contributed by atoms with Gasteiger partial charge in [-0.3, -0.25) is 0 Å². The van der Waals surface area contributed by atoms with Crippen LogP contribution in [0, 0.1) is 5.41 Å². The molecule has 2 N–H and O–H groups in total. The van der Waals surface area contributed by atoms with E-state index in [1.54, 1.807) is 7.11 Å². The van der Waals surface area contributed by atoms with Gasteiger partial charge in [0.05, 0.1) is 7.11 Å². The second-order valence-corrected chi connectivity index (χ2v) is 5.15. The quantitative estimate of drug-likeness (QED) is 0.840. The second-order valence-electron chi connectivity index (χ2n) is 4.71. The summed E-state index contributed by atoms with van der Waals surface area (Å²) < 4.78 is 5.33. The minimum atomic E-state index is 0.168. The number of hydrogen-bond acceptors (Lipinski definition) is 2. The Hall–Kier alpha value is -0.730. The Bertz CT molecular complexity index is 389. The second kappa shape index (κ2) is 3.39. The molecule has 2 nitrogen and oxygen atoms in total. The maximum absolute atomic E-state index is 6.05. The molecule has 1 aromatic carbocycles. The number of hydrogen-bond donors (Lipinski definition) is 1. The zero-order valence-electron chi connectivity index (χ0n) is 9.25. The Balaban J connectivity index is 2.38. The first-order valence-electron chi connectivity index (χ1n) is 5.07. The summed E-state index contributed by atoms with van der Waals surface area (Å²) in [5.41, 5.74) is 7.38. The van der Waals surface area contributed by atoms with Gasteiger partial charge in [0.15, 0.2) is 0 Å². The summed E-state index contributed by atoms with van der Waals surface area (Å²) in [6.07, 6.45) is 0. The van der Waals surface area contributed by atoms with Crippen LogP contribution in [0.15, 0.2) is 18.2 Å². The van der Waals surface area contributed by atoms with Crippen LogP contribution in [0.1, 0.15) is 25.3 Å². The third-order valence-electron chi connectivity index (χ3n) is 3.44. The van der Waals surface area contributed by atoms with Gasteiger partial charge in [0.2, 0.25) is 0 Å². The first-order valence-corrected chi connectivity index (χ1v) is 5.45. The van der Waals surface area contributed by atoms with Gasteiger partial charge in [0, 0.05) is 17.0 Å². The Morgan fingerprint density at radius 3 is 2.47 bits per heavy atom. The maximum atomic E-state index is 6.05. The highest BCUT2D eigenvalue weighted by atomic mass is 35.5. The Labute approximate surface area is 95.4 Å². The van der Waals surface area contributed by atoms with Crippen LogP contribution >= 0.6 is 11.6 Å². The average molecular weight is 226 g/mol. The first-order chi connectivity index (χ1) is 6.98. The molecule has 2 rings (SSSR count). The summed E-state index contributed by atoms with van der Waals surface area (Å²) in [6, 6.07) is 5.96. The molecule has 15 heavy (non-hydrogen) atoms. The molecule has 0 amide bonds. The molecule has 1 aromatic rings. The highest BCUT2D eigenvalue weighted by Gasteiger charge is 2.57. The zero-order valence-corrected chi connectivity index (χ0v) is 10.0. The molecular weight excluding hydrogens is 210 g/mol. The van der Waals surface area contributed by atoms with Crippen LogP contribution in [0.4, 0.5) is 0 Å². The van der Waals surface area contributed by atoms with E-state index in [0.717, 1.165) is 5.75 Å². The van der Waals surface area contributed by atoms with Crippen LogP contribution in [-0.2, 0) is 0 Å². The van der Waals surface area contributed by atoms with Gasteiger partial charge in [-0.25, -0.2) is 0 Å². The van der Waals surface area contributed by atoms with Gasteiger partial charge in [0.1, 0.15) is 5.75 Å². The monoisotopic (exact) mass is 225 g/mol. The molecule has 0 bridgehead atoms. The van der Waals surface area contributed by atoms with Crippen molar-refractivity contribution in [1.82, 2.24) is 0 Å². The molecule has 1 aliphatic rings. The van der Waals surface area contributed by atoms with Crippen molar-refractivity contribution in [3.05, 3.63) is 28.8 Å². The van der Waals surface area contributed by atoms with E-state index < -0.39 is 0 Å². The van der Waals surface area contributed by atoms with Crippen molar-refractivity contribution in [1.29, 1.82) is 0 Å². The first kappa shape index (κ1) is 10.8. The van der Waals surface area contributed by atoms with Crippen molar-refractivity contribution in [2.45, 2.75) is 25.8 Å². The molecule has 0 saturated heterocycles. The summed E-state index contributed by atoms with van der Waals surface area (Å²) in [5.74, 6) is 1.22. The van der Waals surface area contributed by atoms with E-state index >= 15 is 0 Å². The van der Waals surface area contributed by atoms with Gasteiger partial charge in [-0.1, -0.05) is 31.5 Å². The van der Waals surface area contributed by atoms with Crippen LogP contribution in [0.3, 0.4) is 0 Å². The Kier molecular flexibility index (Phi) is 2.44. The van der Waals surface area contributed by atoms with Crippen LogP contribution in [0.5, 0.6) is 5.75 Å². The van der Waals surface area contributed by atoms with Crippen LogP contribution in [0.2, 0.25) is 5.02 Å². The van der Waals surface area contributed by atoms with Crippen molar-refractivity contribution < 1.29 is 4.74 Å². The maximum Gasteiger partial charge on any atom is 0.123 e. The molecule has 1 aliphatic carbocycles. The molecule has 1 saturated carbocycles. The largest absolute Gasteiger partial charge is 0.496 e. The van der Waals surface area contributed by atoms with Crippen LogP contribution in [0.25, 0.3) is 0 Å². The minimum Gasteiger partial charge on any atom is -0.496 e. The molecule has 0 aliphatic heterocycles. The van der Waals surface area contributed by atoms with Gasteiger partial charge < -0.3 is 10.5 Å². The van der Waals surface area contributed by atoms with Gasteiger partial charge in [-0.2, -0.15) is 0 Å². The fourth-order valence-electron chi connectivity index (χ4n) is 2.21. The highest BCUT2D eigenvalue weighted by Crippen LogP contribution is 2.59. The molecule has 0 aromatic heterocycles. The summed E-state index contributed by atoms with van der Waals surface area (Å²) in [5, 5.41) is 0.697. The summed E-state index contributed by atoms with van der Waals surface area (Å²) >= 11 is 5.92. The molecule has 0 heterocycles. The van der Waals surface area contributed by atoms with E-state index in [4.69, 9.17) is 22.1 Å². The lowest BCUT2D eigenvalue weighted by Crippen LogP contribution is -2.06.